The van der Waals surface area contributed by atoms with Crippen LogP contribution >= 0.6 is 0 Å². The van der Waals surface area contributed by atoms with Gasteiger partial charge in [-0.15, -0.1) is 0 Å². The summed E-state index contributed by atoms with van der Waals surface area (Å²) in [4.78, 5) is 0. The maximum atomic E-state index is 11.1. The van der Waals surface area contributed by atoms with E-state index in [1.54, 1.807) is 0 Å². The van der Waals surface area contributed by atoms with Crippen LogP contribution in [-0.4, -0.2) is 38.9 Å². The first kappa shape index (κ1) is 9.66. The molecule has 5 nitrogen and oxygen atoms in total. The monoisotopic (exact) mass is 191 g/mol. The molecule has 1 fully saturated rings. The fraction of sp³-hybridized carbons (Fsp3) is 0.667. The Morgan fingerprint density at radius 3 is 2.75 bits per heavy atom. The lowest BCUT2D eigenvalue weighted by Crippen LogP contribution is -2.32. The smallest absolute Gasteiger partial charge is 0.279 e. The lowest BCUT2D eigenvalue weighted by Gasteiger charge is -2.13. The molecule has 0 saturated carbocycles. The number of nitrogens with zero attached hydrogens (tertiary/aromatic N) is 1. The molecule has 0 spiro atoms. The largest absolute Gasteiger partial charge is 0.327 e. The van der Waals surface area contributed by atoms with Gasteiger partial charge in [0.15, 0.2) is 0 Å². The van der Waals surface area contributed by atoms with E-state index in [0.717, 1.165) is 5.57 Å². The molecule has 1 rings (SSSR count). The van der Waals surface area contributed by atoms with Crippen LogP contribution in [0.5, 0.6) is 0 Å². The van der Waals surface area contributed by atoms with Gasteiger partial charge in [0.1, 0.15) is 0 Å². The highest BCUT2D eigenvalue weighted by molar-refractivity contribution is 7.87. The third-order valence-electron chi connectivity index (χ3n) is 1.67. The zero-order valence-corrected chi connectivity index (χ0v) is 7.60. The van der Waals surface area contributed by atoms with E-state index in [0.29, 0.717) is 26.2 Å². The molecule has 1 aliphatic rings. The molecular weight excluding hydrogens is 178 g/mol. The molecule has 70 valence electrons. The third kappa shape index (κ3) is 2.04. The highest BCUT2D eigenvalue weighted by atomic mass is 32.2. The van der Waals surface area contributed by atoms with Crippen molar-refractivity contribution >= 4 is 10.2 Å². The molecule has 6 heteroatoms. The molecule has 0 atom stereocenters. The van der Waals surface area contributed by atoms with Gasteiger partial charge in [-0.05, 0) is 5.57 Å². The van der Waals surface area contributed by atoms with Crippen LogP contribution in [0.25, 0.3) is 0 Å². The molecule has 0 radical (unpaired) electrons. The molecule has 0 aromatic carbocycles. The summed E-state index contributed by atoms with van der Waals surface area (Å²) in [5.41, 5.74) is 6.02. The number of nitrogens with two attached hydrogens (primary N) is 1. The minimum absolute atomic E-state index is 0.325. The zero-order chi connectivity index (χ0) is 9.19. The molecule has 0 aromatic heterocycles. The Balaban J connectivity index is 2.59. The predicted octanol–water partition coefficient (Wildman–Crippen LogP) is -1.35. The van der Waals surface area contributed by atoms with Gasteiger partial charge in [-0.1, -0.05) is 6.58 Å². The lowest BCUT2D eigenvalue weighted by molar-refractivity contribution is 0.475. The number of hydrogen-bond acceptors (Lipinski definition) is 3. The van der Waals surface area contributed by atoms with Gasteiger partial charge in [0.2, 0.25) is 0 Å². The zero-order valence-electron chi connectivity index (χ0n) is 6.78. The van der Waals surface area contributed by atoms with Gasteiger partial charge in [-0.25, -0.2) is 4.72 Å². The molecule has 12 heavy (non-hydrogen) atoms. The molecule has 0 unspecified atom stereocenters. The van der Waals surface area contributed by atoms with Crippen LogP contribution in [-0.2, 0) is 10.2 Å². The molecule has 1 saturated heterocycles. The van der Waals surface area contributed by atoms with Crippen molar-refractivity contribution in [1.82, 2.24) is 9.03 Å². The first-order chi connectivity index (χ1) is 5.56. The van der Waals surface area contributed by atoms with Crippen molar-refractivity contribution in [2.45, 2.75) is 0 Å². The van der Waals surface area contributed by atoms with Crippen LogP contribution in [0.4, 0.5) is 0 Å². The molecule has 3 N–H and O–H groups in total. The summed E-state index contributed by atoms with van der Waals surface area (Å²) in [6.07, 6.45) is 0. The van der Waals surface area contributed by atoms with Crippen molar-refractivity contribution < 1.29 is 8.42 Å². The second-order valence-corrected chi connectivity index (χ2v) is 4.44. The topological polar surface area (TPSA) is 75.4 Å². The van der Waals surface area contributed by atoms with Crippen LogP contribution in [0.3, 0.4) is 0 Å². The predicted molar refractivity (Wildman–Crippen MR) is 46.7 cm³/mol. The number of hydrogen-bond donors (Lipinski definition) is 2. The number of rotatable bonds is 3. The third-order valence-corrected chi connectivity index (χ3v) is 3.23. The van der Waals surface area contributed by atoms with E-state index >= 15 is 0 Å². The van der Waals surface area contributed by atoms with Crippen molar-refractivity contribution in [3.8, 4) is 0 Å². The van der Waals surface area contributed by atoms with E-state index in [4.69, 9.17) is 5.73 Å². The van der Waals surface area contributed by atoms with Gasteiger partial charge in [0, 0.05) is 26.2 Å². The molecule has 1 heterocycles. The van der Waals surface area contributed by atoms with E-state index in [9.17, 15) is 8.42 Å². The standard InChI is InChI=1S/C6H13N3O2S/c1-6(4-7)5-9-3-2-8-12(9,10)11/h8H,1-5,7H2. The summed E-state index contributed by atoms with van der Waals surface area (Å²) in [5, 5.41) is 0. The van der Waals surface area contributed by atoms with E-state index in [2.05, 4.69) is 11.3 Å². The molecule has 0 bridgehead atoms. The quantitative estimate of drug-likeness (QED) is 0.542. The van der Waals surface area contributed by atoms with Crippen molar-refractivity contribution in [3.05, 3.63) is 12.2 Å². The summed E-state index contributed by atoms with van der Waals surface area (Å²) in [7, 11) is -3.23. The number of nitrogens with one attached hydrogen (secondary N) is 1. The Hall–Kier alpha value is -0.430. The summed E-state index contributed by atoms with van der Waals surface area (Å²) >= 11 is 0. The molecule has 0 amide bonds. The van der Waals surface area contributed by atoms with Gasteiger partial charge >= 0.3 is 0 Å². The average molecular weight is 191 g/mol. The fourth-order valence-corrected chi connectivity index (χ4v) is 2.20. The maximum absolute atomic E-state index is 11.1. The van der Waals surface area contributed by atoms with Crippen molar-refractivity contribution in [3.63, 3.8) is 0 Å². The Labute approximate surface area is 72.4 Å². The van der Waals surface area contributed by atoms with Gasteiger partial charge in [0.25, 0.3) is 10.2 Å². The van der Waals surface area contributed by atoms with E-state index in [-0.39, 0.29) is 0 Å². The highest BCUT2D eigenvalue weighted by Crippen LogP contribution is 2.06. The first-order valence-electron chi connectivity index (χ1n) is 3.67. The summed E-state index contributed by atoms with van der Waals surface area (Å²) in [6, 6.07) is 0. The second kappa shape index (κ2) is 3.53. The fourth-order valence-electron chi connectivity index (χ4n) is 0.989. The normalized spacial score (nSPS) is 22.8. The SMILES string of the molecule is C=C(CN)CN1CCNS1(=O)=O. The highest BCUT2D eigenvalue weighted by Gasteiger charge is 2.27. The van der Waals surface area contributed by atoms with E-state index in [1.165, 1.54) is 4.31 Å². The van der Waals surface area contributed by atoms with Crippen LogP contribution in [0.2, 0.25) is 0 Å². The molecular formula is C6H13N3O2S. The Kier molecular flexibility index (Phi) is 2.84. The van der Waals surface area contributed by atoms with Gasteiger partial charge in [-0.3, -0.25) is 0 Å². The van der Waals surface area contributed by atoms with Crippen LogP contribution in [0, 0.1) is 0 Å². The van der Waals surface area contributed by atoms with Crippen molar-refractivity contribution in [1.29, 1.82) is 0 Å². The summed E-state index contributed by atoms with van der Waals surface area (Å²) < 4.78 is 26.0. The Morgan fingerprint density at radius 2 is 2.33 bits per heavy atom. The molecule has 0 aliphatic carbocycles. The maximum Gasteiger partial charge on any atom is 0.279 e. The average Bonchev–Trinajstić information content (AvgIpc) is 2.31. The summed E-state index contributed by atoms with van der Waals surface area (Å²) in [6.45, 7) is 5.27. The Morgan fingerprint density at radius 1 is 1.67 bits per heavy atom. The van der Waals surface area contributed by atoms with E-state index < -0.39 is 10.2 Å². The molecule has 0 aromatic rings. The van der Waals surface area contributed by atoms with Crippen LogP contribution < -0.4 is 10.5 Å². The second-order valence-electron chi connectivity index (χ2n) is 2.69. The minimum Gasteiger partial charge on any atom is -0.327 e. The minimum atomic E-state index is -3.23. The first-order valence-corrected chi connectivity index (χ1v) is 5.12. The van der Waals surface area contributed by atoms with Crippen molar-refractivity contribution in [2.24, 2.45) is 5.73 Å². The molecule has 1 aliphatic heterocycles. The van der Waals surface area contributed by atoms with Gasteiger partial charge in [0.05, 0.1) is 0 Å². The van der Waals surface area contributed by atoms with Crippen LogP contribution in [0.1, 0.15) is 0 Å². The van der Waals surface area contributed by atoms with Gasteiger partial charge in [-0.2, -0.15) is 12.7 Å². The Bertz CT molecular complexity index is 273. The van der Waals surface area contributed by atoms with Crippen LogP contribution in [0.15, 0.2) is 12.2 Å². The van der Waals surface area contributed by atoms with Gasteiger partial charge < -0.3 is 5.73 Å². The van der Waals surface area contributed by atoms with Crippen molar-refractivity contribution in [2.75, 3.05) is 26.2 Å². The summed E-state index contributed by atoms with van der Waals surface area (Å²) in [5.74, 6) is 0. The lowest BCUT2D eigenvalue weighted by atomic mass is 10.3. The van der Waals surface area contributed by atoms with E-state index in [1.807, 2.05) is 0 Å².